The van der Waals surface area contributed by atoms with Crippen molar-refractivity contribution in [1.82, 2.24) is 0 Å². The summed E-state index contributed by atoms with van der Waals surface area (Å²) in [5.74, 6) is -1.16. The van der Waals surface area contributed by atoms with E-state index in [-0.39, 0.29) is 6.61 Å². The summed E-state index contributed by atoms with van der Waals surface area (Å²) < 4.78 is 15.3. The van der Waals surface area contributed by atoms with Crippen molar-refractivity contribution in [1.29, 1.82) is 0 Å². The third-order valence-electron chi connectivity index (χ3n) is 3.51. The van der Waals surface area contributed by atoms with Crippen LogP contribution in [0.15, 0.2) is 0 Å². The Morgan fingerprint density at radius 3 is 1.88 bits per heavy atom. The zero-order valence-electron chi connectivity index (χ0n) is 15.0. The van der Waals surface area contributed by atoms with Crippen LogP contribution in [-0.2, 0) is 23.8 Å². The Morgan fingerprint density at radius 1 is 0.917 bits per heavy atom. The molecule has 1 aliphatic rings. The molecule has 1 fully saturated rings. The maximum atomic E-state index is 12.0. The lowest BCUT2D eigenvalue weighted by Crippen LogP contribution is -2.60. The van der Waals surface area contributed by atoms with Gasteiger partial charge in [-0.05, 0) is 41.5 Å². The average molecular weight is 348 g/mol. The molecule has 0 aromatic rings. The van der Waals surface area contributed by atoms with Crippen LogP contribution in [0.3, 0.4) is 0 Å². The van der Waals surface area contributed by atoms with Gasteiger partial charge in [-0.15, -0.1) is 0 Å². The van der Waals surface area contributed by atoms with Crippen LogP contribution >= 0.6 is 0 Å². The Kier molecular flexibility index (Phi) is 6.37. The van der Waals surface area contributed by atoms with Gasteiger partial charge in [-0.3, -0.25) is 9.59 Å². The first-order valence-corrected chi connectivity index (χ1v) is 7.83. The molecular formula is C16H28O8. The van der Waals surface area contributed by atoms with Crippen molar-refractivity contribution in [2.75, 3.05) is 6.61 Å². The lowest BCUT2D eigenvalue weighted by Gasteiger charge is -2.40. The molecule has 140 valence electrons. The summed E-state index contributed by atoms with van der Waals surface area (Å²) in [7, 11) is 0. The lowest BCUT2D eigenvalue weighted by molar-refractivity contribution is -0.292. The van der Waals surface area contributed by atoms with Crippen molar-refractivity contribution in [2.24, 2.45) is 10.8 Å². The normalized spacial score (nSPS) is 31.5. The number of hydrogen-bond acceptors (Lipinski definition) is 8. The number of carbonyl (C=O) groups is 2. The number of ether oxygens (including phenoxy) is 3. The molecule has 24 heavy (non-hydrogen) atoms. The first-order valence-electron chi connectivity index (χ1n) is 7.83. The minimum atomic E-state index is -1.68. The van der Waals surface area contributed by atoms with Crippen molar-refractivity contribution in [3.8, 4) is 0 Å². The fourth-order valence-corrected chi connectivity index (χ4v) is 1.87. The fourth-order valence-electron chi connectivity index (χ4n) is 1.87. The first kappa shape index (κ1) is 20.8. The minimum Gasteiger partial charge on any atom is -0.462 e. The smallest absolute Gasteiger partial charge is 0.311 e. The zero-order valence-corrected chi connectivity index (χ0v) is 15.0. The molecule has 0 bridgehead atoms. The second-order valence-corrected chi connectivity index (χ2v) is 8.01. The highest BCUT2D eigenvalue weighted by molar-refractivity contribution is 5.76. The quantitative estimate of drug-likeness (QED) is 0.608. The number of esters is 2. The molecule has 1 aliphatic heterocycles. The molecule has 1 saturated heterocycles. The third kappa shape index (κ3) is 5.14. The third-order valence-corrected chi connectivity index (χ3v) is 3.51. The van der Waals surface area contributed by atoms with Crippen LogP contribution in [0, 0.1) is 10.8 Å². The molecular weight excluding hydrogens is 320 g/mol. The summed E-state index contributed by atoms with van der Waals surface area (Å²) in [6, 6.07) is 0. The van der Waals surface area contributed by atoms with Gasteiger partial charge in [0.25, 0.3) is 0 Å². The van der Waals surface area contributed by atoms with Crippen LogP contribution in [0.5, 0.6) is 0 Å². The number of aliphatic hydroxyl groups is 3. The van der Waals surface area contributed by atoms with Crippen molar-refractivity contribution >= 4 is 11.9 Å². The average Bonchev–Trinajstić information content (AvgIpc) is 2.43. The van der Waals surface area contributed by atoms with E-state index in [0.29, 0.717) is 0 Å². The van der Waals surface area contributed by atoms with Gasteiger partial charge >= 0.3 is 11.9 Å². The van der Waals surface area contributed by atoms with Gasteiger partial charge in [0.1, 0.15) is 24.9 Å². The SMILES string of the molecule is CC(C)(C)C(=O)OCC1OC(O)C(O)C(OC(=O)C(C)(C)C)C1O. The first-order chi connectivity index (χ1) is 10.7. The zero-order chi connectivity index (χ0) is 18.9. The van der Waals surface area contributed by atoms with Crippen molar-refractivity contribution in [2.45, 2.75) is 72.2 Å². The molecule has 1 rings (SSSR count). The van der Waals surface area contributed by atoms with Gasteiger partial charge in [-0.25, -0.2) is 0 Å². The Morgan fingerprint density at radius 2 is 1.42 bits per heavy atom. The van der Waals surface area contributed by atoms with Crippen molar-refractivity contribution < 1.29 is 39.1 Å². The van der Waals surface area contributed by atoms with E-state index in [4.69, 9.17) is 14.2 Å². The number of aliphatic hydroxyl groups excluding tert-OH is 3. The van der Waals surface area contributed by atoms with Crippen LogP contribution < -0.4 is 0 Å². The van der Waals surface area contributed by atoms with Gasteiger partial charge < -0.3 is 29.5 Å². The second-order valence-electron chi connectivity index (χ2n) is 8.01. The molecule has 0 aromatic heterocycles. The summed E-state index contributed by atoms with van der Waals surface area (Å²) in [5.41, 5.74) is -1.59. The maximum absolute atomic E-state index is 12.0. The second kappa shape index (κ2) is 7.35. The summed E-state index contributed by atoms with van der Waals surface area (Å²) in [4.78, 5) is 23.8. The predicted molar refractivity (Wildman–Crippen MR) is 82.6 cm³/mol. The van der Waals surface area contributed by atoms with Gasteiger partial charge in [0.2, 0.25) is 0 Å². The summed E-state index contributed by atoms with van der Waals surface area (Å²) in [6.07, 6.45) is -7.26. The van der Waals surface area contributed by atoms with E-state index in [0.717, 1.165) is 0 Å². The van der Waals surface area contributed by atoms with Crippen LogP contribution in [-0.4, -0.2) is 64.6 Å². The maximum Gasteiger partial charge on any atom is 0.311 e. The Labute approximate surface area is 141 Å². The van der Waals surface area contributed by atoms with Crippen molar-refractivity contribution in [3.63, 3.8) is 0 Å². The fraction of sp³-hybridized carbons (Fsp3) is 0.875. The standard InChI is InChI=1S/C16H28O8/c1-15(2,3)13(20)22-7-8-9(17)11(10(18)12(19)23-8)24-14(21)16(4,5)6/h8-12,17-19H,7H2,1-6H3. The molecule has 1 heterocycles. The highest BCUT2D eigenvalue weighted by Crippen LogP contribution is 2.26. The van der Waals surface area contributed by atoms with E-state index in [2.05, 4.69) is 0 Å². The van der Waals surface area contributed by atoms with Gasteiger partial charge in [-0.1, -0.05) is 0 Å². The van der Waals surface area contributed by atoms with Gasteiger partial charge in [-0.2, -0.15) is 0 Å². The van der Waals surface area contributed by atoms with Crippen LogP contribution in [0.4, 0.5) is 0 Å². The Balaban J connectivity index is 2.79. The molecule has 0 saturated carbocycles. The van der Waals surface area contributed by atoms with E-state index in [1.54, 1.807) is 41.5 Å². The lowest BCUT2D eigenvalue weighted by atomic mass is 9.95. The van der Waals surface area contributed by atoms with E-state index in [9.17, 15) is 24.9 Å². The minimum absolute atomic E-state index is 0.343. The van der Waals surface area contributed by atoms with Crippen LogP contribution in [0.1, 0.15) is 41.5 Å². The highest BCUT2D eigenvalue weighted by atomic mass is 16.7. The molecule has 0 radical (unpaired) electrons. The van der Waals surface area contributed by atoms with E-state index < -0.39 is 53.5 Å². The summed E-state index contributed by atoms with van der Waals surface area (Å²) in [5, 5.41) is 30.0. The molecule has 3 N–H and O–H groups in total. The molecule has 0 spiro atoms. The largest absolute Gasteiger partial charge is 0.462 e. The number of hydrogen-bond donors (Lipinski definition) is 3. The number of rotatable bonds is 3. The molecule has 8 heteroatoms. The molecule has 0 amide bonds. The van der Waals surface area contributed by atoms with Crippen LogP contribution in [0.25, 0.3) is 0 Å². The molecule has 5 unspecified atom stereocenters. The van der Waals surface area contributed by atoms with Crippen molar-refractivity contribution in [3.05, 3.63) is 0 Å². The summed E-state index contributed by atoms with van der Waals surface area (Å²) in [6.45, 7) is 9.51. The van der Waals surface area contributed by atoms with Gasteiger partial charge in [0.15, 0.2) is 12.4 Å². The topological polar surface area (TPSA) is 123 Å². The van der Waals surface area contributed by atoms with E-state index >= 15 is 0 Å². The van der Waals surface area contributed by atoms with Gasteiger partial charge in [0, 0.05) is 0 Å². The Bertz CT molecular complexity index is 462. The van der Waals surface area contributed by atoms with Crippen LogP contribution in [0.2, 0.25) is 0 Å². The molecule has 0 aromatic carbocycles. The summed E-state index contributed by atoms with van der Waals surface area (Å²) >= 11 is 0. The molecule has 5 atom stereocenters. The number of carbonyl (C=O) groups excluding carboxylic acids is 2. The molecule has 0 aliphatic carbocycles. The van der Waals surface area contributed by atoms with Gasteiger partial charge in [0.05, 0.1) is 10.8 Å². The highest BCUT2D eigenvalue weighted by Gasteiger charge is 2.47. The predicted octanol–water partition coefficient (Wildman–Crippen LogP) is -0.0274. The van der Waals surface area contributed by atoms with E-state index in [1.807, 2.05) is 0 Å². The monoisotopic (exact) mass is 348 g/mol. The van der Waals surface area contributed by atoms with E-state index in [1.165, 1.54) is 0 Å². The molecule has 8 nitrogen and oxygen atoms in total. The Hall–Kier alpha value is -1.22.